The second-order valence-corrected chi connectivity index (χ2v) is 4.32. The fourth-order valence-electron chi connectivity index (χ4n) is 1.55. The van der Waals surface area contributed by atoms with Gasteiger partial charge in [0.1, 0.15) is 18.1 Å². The minimum Gasteiger partial charge on any atom is -0.507 e. The minimum atomic E-state index is 0.341. The summed E-state index contributed by atoms with van der Waals surface area (Å²) in [5.41, 5.74) is 2.65. The molecular weight excluding hydrogens is 240 g/mol. The molecule has 0 saturated carbocycles. The number of halogens is 1. The molecule has 0 atom stereocenters. The number of hydrogen-bond acceptors (Lipinski definition) is 3. The van der Waals surface area contributed by atoms with Crippen LogP contribution in [0.2, 0.25) is 0 Å². The van der Waals surface area contributed by atoms with Gasteiger partial charge in [-0.15, -0.1) is 11.6 Å². The van der Waals surface area contributed by atoms with Crippen molar-refractivity contribution in [1.29, 1.82) is 0 Å². The number of aryl methyl sites for hydroxylation is 1. The van der Waals surface area contributed by atoms with Gasteiger partial charge in [0.15, 0.2) is 0 Å². The van der Waals surface area contributed by atoms with Crippen molar-refractivity contribution in [2.45, 2.75) is 20.8 Å². The van der Waals surface area contributed by atoms with E-state index in [2.05, 4.69) is 0 Å². The van der Waals surface area contributed by atoms with Crippen LogP contribution in [-0.2, 0) is 4.74 Å². The zero-order valence-corrected chi connectivity index (χ0v) is 11.3. The largest absolute Gasteiger partial charge is 0.507 e. The van der Waals surface area contributed by atoms with Crippen LogP contribution in [0.5, 0.6) is 11.5 Å². The van der Waals surface area contributed by atoms with E-state index in [4.69, 9.17) is 21.1 Å². The van der Waals surface area contributed by atoms with Gasteiger partial charge < -0.3 is 14.6 Å². The smallest absolute Gasteiger partial charge is 0.123 e. The Labute approximate surface area is 107 Å². The molecular formula is C13H19ClO3. The van der Waals surface area contributed by atoms with Crippen LogP contribution in [0, 0.1) is 20.8 Å². The molecule has 17 heavy (non-hydrogen) atoms. The lowest BCUT2D eigenvalue weighted by Gasteiger charge is -2.14. The number of ether oxygens (including phenoxy) is 2. The average molecular weight is 259 g/mol. The first-order valence-electron chi connectivity index (χ1n) is 5.64. The number of rotatable bonds is 6. The van der Waals surface area contributed by atoms with Crippen LogP contribution in [0.1, 0.15) is 16.7 Å². The van der Waals surface area contributed by atoms with E-state index in [-0.39, 0.29) is 0 Å². The van der Waals surface area contributed by atoms with Gasteiger partial charge in [0, 0.05) is 5.88 Å². The van der Waals surface area contributed by atoms with Crippen molar-refractivity contribution in [2.24, 2.45) is 0 Å². The summed E-state index contributed by atoms with van der Waals surface area (Å²) in [5.74, 6) is 1.64. The van der Waals surface area contributed by atoms with Crippen LogP contribution in [0.25, 0.3) is 0 Å². The van der Waals surface area contributed by atoms with Gasteiger partial charge in [0.25, 0.3) is 0 Å². The molecule has 1 N–H and O–H groups in total. The van der Waals surface area contributed by atoms with E-state index in [9.17, 15) is 5.11 Å². The van der Waals surface area contributed by atoms with Crippen LogP contribution in [-0.4, -0.2) is 30.8 Å². The van der Waals surface area contributed by atoms with Gasteiger partial charge in [-0.3, -0.25) is 0 Å². The molecule has 0 aliphatic carbocycles. The summed E-state index contributed by atoms with van der Waals surface area (Å²) in [6.07, 6.45) is 0. The van der Waals surface area contributed by atoms with Crippen molar-refractivity contribution in [2.75, 3.05) is 25.7 Å². The number of phenols is 1. The molecule has 4 heteroatoms. The summed E-state index contributed by atoms with van der Waals surface area (Å²) < 4.78 is 10.8. The Hall–Kier alpha value is -0.930. The SMILES string of the molecule is Cc1cc(OCCOCCCl)c(C)c(C)c1O. The monoisotopic (exact) mass is 258 g/mol. The standard InChI is InChI=1S/C13H19ClO3/c1-9-8-12(10(2)11(3)13(9)15)17-7-6-16-5-4-14/h8,15H,4-7H2,1-3H3. The summed E-state index contributed by atoms with van der Waals surface area (Å²) in [5, 5.41) is 9.76. The van der Waals surface area contributed by atoms with E-state index in [1.165, 1.54) is 0 Å². The summed E-state index contributed by atoms with van der Waals surface area (Å²) in [6, 6.07) is 1.85. The molecule has 0 heterocycles. The highest BCUT2D eigenvalue weighted by molar-refractivity contribution is 6.17. The van der Waals surface area contributed by atoms with Crippen molar-refractivity contribution in [3.63, 3.8) is 0 Å². The molecule has 0 bridgehead atoms. The van der Waals surface area contributed by atoms with Crippen molar-refractivity contribution in [3.8, 4) is 11.5 Å². The first-order chi connectivity index (χ1) is 8.07. The molecule has 0 aromatic heterocycles. The quantitative estimate of drug-likeness (QED) is 0.630. The lowest BCUT2D eigenvalue weighted by molar-refractivity contribution is 0.111. The molecule has 1 aromatic carbocycles. The fraction of sp³-hybridized carbons (Fsp3) is 0.538. The number of benzene rings is 1. The summed E-state index contributed by atoms with van der Waals surface area (Å²) >= 11 is 5.49. The first kappa shape index (κ1) is 14.1. The van der Waals surface area contributed by atoms with Crippen molar-refractivity contribution in [1.82, 2.24) is 0 Å². The highest BCUT2D eigenvalue weighted by atomic mass is 35.5. The Morgan fingerprint density at radius 1 is 1.12 bits per heavy atom. The number of alkyl halides is 1. The van der Waals surface area contributed by atoms with Crippen LogP contribution >= 0.6 is 11.6 Å². The zero-order chi connectivity index (χ0) is 12.8. The third-order valence-corrected chi connectivity index (χ3v) is 2.87. The highest BCUT2D eigenvalue weighted by Gasteiger charge is 2.09. The molecule has 0 unspecified atom stereocenters. The van der Waals surface area contributed by atoms with Crippen LogP contribution in [0.3, 0.4) is 0 Å². The van der Waals surface area contributed by atoms with Gasteiger partial charge in [-0.05, 0) is 43.5 Å². The molecule has 1 rings (SSSR count). The Balaban J connectivity index is 2.60. The Bertz CT molecular complexity index is 377. The average Bonchev–Trinajstić information content (AvgIpc) is 2.32. The fourth-order valence-corrected chi connectivity index (χ4v) is 1.66. The molecule has 0 aliphatic rings. The molecule has 0 aliphatic heterocycles. The molecule has 0 amide bonds. The lowest BCUT2D eigenvalue weighted by atomic mass is 10.0. The van der Waals surface area contributed by atoms with E-state index in [0.717, 1.165) is 22.4 Å². The highest BCUT2D eigenvalue weighted by Crippen LogP contribution is 2.31. The second kappa shape index (κ2) is 6.72. The number of aromatic hydroxyl groups is 1. The molecule has 0 fully saturated rings. The molecule has 0 saturated heterocycles. The van der Waals surface area contributed by atoms with Gasteiger partial charge >= 0.3 is 0 Å². The van der Waals surface area contributed by atoms with E-state index < -0.39 is 0 Å². The zero-order valence-electron chi connectivity index (χ0n) is 10.5. The Morgan fingerprint density at radius 2 is 1.82 bits per heavy atom. The molecule has 3 nitrogen and oxygen atoms in total. The third kappa shape index (κ3) is 3.79. The van der Waals surface area contributed by atoms with Crippen molar-refractivity contribution in [3.05, 3.63) is 22.8 Å². The third-order valence-electron chi connectivity index (χ3n) is 2.72. The molecule has 0 spiro atoms. The number of phenolic OH excluding ortho intramolecular Hbond substituents is 1. The van der Waals surface area contributed by atoms with Gasteiger partial charge in [0.05, 0.1) is 13.2 Å². The van der Waals surface area contributed by atoms with Gasteiger partial charge in [-0.2, -0.15) is 0 Å². The van der Waals surface area contributed by atoms with Crippen LogP contribution < -0.4 is 4.74 Å². The van der Waals surface area contributed by atoms with Crippen molar-refractivity contribution >= 4 is 11.6 Å². The van der Waals surface area contributed by atoms with E-state index in [1.807, 2.05) is 26.8 Å². The second-order valence-electron chi connectivity index (χ2n) is 3.94. The van der Waals surface area contributed by atoms with Gasteiger partial charge in [-0.1, -0.05) is 0 Å². The maximum atomic E-state index is 9.76. The maximum absolute atomic E-state index is 9.76. The molecule has 96 valence electrons. The van der Waals surface area contributed by atoms with E-state index in [0.29, 0.717) is 31.5 Å². The Morgan fingerprint density at radius 3 is 2.47 bits per heavy atom. The topological polar surface area (TPSA) is 38.7 Å². The van der Waals surface area contributed by atoms with Gasteiger partial charge in [0.2, 0.25) is 0 Å². The van der Waals surface area contributed by atoms with Crippen LogP contribution in [0.15, 0.2) is 6.07 Å². The minimum absolute atomic E-state index is 0.341. The van der Waals surface area contributed by atoms with Crippen molar-refractivity contribution < 1.29 is 14.6 Å². The molecule has 0 radical (unpaired) electrons. The summed E-state index contributed by atoms with van der Waals surface area (Å²) in [6.45, 7) is 7.22. The maximum Gasteiger partial charge on any atom is 0.123 e. The predicted octanol–water partition coefficient (Wildman–Crippen LogP) is 2.95. The summed E-state index contributed by atoms with van der Waals surface area (Å²) in [4.78, 5) is 0. The molecule has 1 aromatic rings. The number of hydrogen-bond donors (Lipinski definition) is 1. The Kier molecular flexibility index (Phi) is 5.59. The van der Waals surface area contributed by atoms with Crippen LogP contribution in [0.4, 0.5) is 0 Å². The van der Waals surface area contributed by atoms with E-state index in [1.54, 1.807) is 0 Å². The predicted molar refractivity (Wildman–Crippen MR) is 69.4 cm³/mol. The summed E-state index contributed by atoms with van der Waals surface area (Å²) in [7, 11) is 0. The first-order valence-corrected chi connectivity index (χ1v) is 6.17. The van der Waals surface area contributed by atoms with Gasteiger partial charge in [-0.25, -0.2) is 0 Å². The normalized spacial score (nSPS) is 10.6. The lowest BCUT2D eigenvalue weighted by Crippen LogP contribution is -2.09. The van der Waals surface area contributed by atoms with E-state index >= 15 is 0 Å².